The van der Waals surface area contributed by atoms with E-state index in [0.717, 1.165) is 12.8 Å². The average Bonchev–Trinajstić information content (AvgIpc) is 1.97. The molecule has 0 bridgehead atoms. The van der Waals surface area contributed by atoms with Crippen molar-refractivity contribution < 1.29 is 5.21 Å². The first kappa shape index (κ1) is 6.96. The third-order valence-corrected chi connectivity index (χ3v) is 2.14. The van der Waals surface area contributed by atoms with Gasteiger partial charge in [0.25, 0.3) is 0 Å². The monoisotopic (exact) mass is 145 g/mol. The second-order valence-electron chi connectivity index (χ2n) is 3.02. The molecule has 0 unspecified atom stereocenters. The lowest BCUT2D eigenvalue weighted by Gasteiger charge is -2.25. The van der Waals surface area contributed by atoms with Gasteiger partial charge in [0.2, 0.25) is 0 Å². The Morgan fingerprint density at radius 2 is 2.22 bits per heavy atom. The second kappa shape index (κ2) is 1.92. The van der Waals surface area contributed by atoms with Gasteiger partial charge in [-0.05, 0) is 20.3 Å². The molecule has 2 nitrogen and oxygen atoms in total. The van der Waals surface area contributed by atoms with E-state index >= 15 is 0 Å². The lowest BCUT2D eigenvalue weighted by atomic mass is 10.0. The van der Waals surface area contributed by atoms with Crippen LogP contribution in [-0.2, 0) is 0 Å². The van der Waals surface area contributed by atoms with Crippen molar-refractivity contribution in [1.82, 2.24) is 5.06 Å². The number of nitrogens with zero attached hydrogens (tertiary/aromatic N) is 1. The Balaban J connectivity index is 2.73. The lowest BCUT2D eigenvalue weighted by molar-refractivity contribution is -0.0770. The van der Waals surface area contributed by atoms with Gasteiger partial charge in [0.1, 0.15) is 4.99 Å². The smallest absolute Gasteiger partial charge is 0.104 e. The molecule has 1 heterocycles. The summed E-state index contributed by atoms with van der Waals surface area (Å²) >= 11 is 4.87. The summed E-state index contributed by atoms with van der Waals surface area (Å²) in [5.41, 5.74) is -0.128. The van der Waals surface area contributed by atoms with Gasteiger partial charge in [-0.2, -0.15) is 0 Å². The van der Waals surface area contributed by atoms with Crippen LogP contribution < -0.4 is 0 Å². The van der Waals surface area contributed by atoms with Crippen LogP contribution in [0.5, 0.6) is 0 Å². The first-order chi connectivity index (χ1) is 4.04. The van der Waals surface area contributed by atoms with Crippen molar-refractivity contribution in [3.05, 3.63) is 0 Å². The summed E-state index contributed by atoms with van der Waals surface area (Å²) in [6, 6.07) is 0. The quantitative estimate of drug-likeness (QED) is 0.523. The van der Waals surface area contributed by atoms with Crippen molar-refractivity contribution in [1.29, 1.82) is 0 Å². The second-order valence-corrected chi connectivity index (χ2v) is 3.49. The molecule has 0 aromatic carbocycles. The van der Waals surface area contributed by atoms with Crippen molar-refractivity contribution in [2.24, 2.45) is 0 Å². The molecule has 0 amide bonds. The van der Waals surface area contributed by atoms with Crippen LogP contribution >= 0.6 is 12.2 Å². The van der Waals surface area contributed by atoms with E-state index in [0.29, 0.717) is 4.99 Å². The van der Waals surface area contributed by atoms with Crippen molar-refractivity contribution >= 4 is 17.2 Å². The largest absolute Gasteiger partial charge is 0.287 e. The zero-order chi connectivity index (χ0) is 7.07. The highest BCUT2D eigenvalue weighted by Crippen LogP contribution is 2.27. The summed E-state index contributed by atoms with van der Waals surface area (Å²) in [6.07, 6.45) is 1.81. The van der Waals surface area contributed by atoms with E-state index in [1.807, 2.05) is 13.8 Å². The normalized spacial score (nSPS) is 25.2. The first-order valence-corrected chi connectivity index (χ1v) is 3.47. The fourth-order valence-electron chi connectivity index (χ4n) is 0.962. The van der Waals surface area contributed by atoms with Crippen LogP contribution in [0.25, 0.3) is 0 Å². The van der Waals surface area contributed by atoms with Gasteiger partial charge in [-0.25, -0.2) is 5.06 Å². The molecule has 1 aliphatic rings. The number of rotatable bonds is 0. The predicted octanol–water partition coefficient (Wildman–Crippen LogP) is 1.58. The van der Waals surface area contributed by atoms with Crippen LogP contribution in [0.2, 0.25) is 0 Å². The molecule has 52 valence electrons. The van der Waals surface area contributed by atoms with Crippen molar-refractivity contribution in [3.63, 3.8) is 0 Å². The van der Waals surface area contributed by atoms with Crippen LogP contribution in [0, 0.1) is 0 Å². The van der Waals surface area contributed by atoms with Gasteiger partial charge in [-0.15, -0.1) is 0 Å². The Morgan fingerprint density at radius 1 is 1.67 bits per heavy atom. The van der Waals surface area contributed by atoms with Crippen LogP contribution in [0.15, 0.2) is 0 Å². The van der Waals surface area contributed by atoms with E-state index in [-0.39, 0.29) is 5.54 Å². The van der Waals surface area contributed by atoms with Gasteiger partial charge in [0.15, 0.2) is 0 Å². The minimum Gasteiger partial charge on any atom is -0.287 e. The van der Waals surface area contributed by atoms with E-state index in [4.69, 9.17) is 12.2 Å². The van der Waals surface area contributed by atoms with Crippen molar-refractivity contribution in [2.45, 2.75) is 32.2 Å². The van der Waals surface area contributed by atoms with Gasteiger partial charge in [0, 0.05) is 6.42 Å². The van der Waals surface area contributed by atoms with E-state index in [2.05, 4.69) is 0 Å². The predicted molar refractivity (Wildman–Crippen MR) is 39.5 cm³/mol. The van der Waals surface area contributed by atoms with Gasteiger partial charge in [0.05, 0.1) is 5.54 Å². The van der Waals surface area contributed by atoms with Crippen molar-refractivity contribution in [3.8, 4) is 0 Å². The highest BCUT2D eigenvalue weighted by molar-refractivity contribution is 7.80. The van der Waals surface area contributed by atoms with Gasteiger partial charge in [-0.1, -0.05) is 12.2 Å². The Kier molecular flexibility index (Phi) is 1.49. The first-order valence-electron chi connectivity index (χ1n) is 3.06. The molecular formula is C6H11NOS. The number of hydroxylamine groups is 2. The molecule has 1 fully saturated rings. The van der Waals surface area contributed by atoms with Crippen LogP contribution in [0.1, 0.15) is 26.7 Å². The summed E-state index contributed by atoms with van der Waals surface area (Å²) in [6.45, 7) is 3.96. The molecule has 0 aromatic heterocycles. The van der Waals surface area contributed by atoms with Gasteiger partial charge >= 0.3 is 0 Å². The molecule has 0 atom stereocenters. The average molecular weight is 145 g/mol. The van der Waals surface area contributed by atoms with Crippen LogP contribution in [0.4, 0.5) is 0 Å². The lowest BCUT2D eigenvalue weighted by Crippen LogP contribution is -2.36. The maximum absolute atomic E-state index is 9.22. The zero-order valence-electron chi connectivity index (χ0n) is 5.72. The van der Waals surface area contributed by atoms with E-state index in [1.165, 1.54) is 5.06 Å². The molecule has 1 N–H and O–H groups in total. The minimum absolute atomic E-state index is 0.128. The highest BCUT2D eigenvalue weighted by atomic mass is 32.1. The standard InChI is InChI=1S/C6H11NOS/c1-6(2)4-3-5(9)7(6)8/h8H,3-4H2,1-2H3. The molecule has 9 heavy (non-hydrogen) atoms. The molecular weight excluding hydrogens is 134 g/mol. The van der Waals surface area contributed by atoms with E-state index in [9.17, 15) is 5.21 Å². The molecule has 0 saturated carbocycles. The number of hydrogen-bond donors (Lipinski definition) is 1. The fourth-order valence-corrected chi connectivity index (χ4v) is 1.31. The van der Waals surface area contributed by atoms with Gasteiger partial charge < -0.3 is 0 Å². The summed E-state index contributed by atoms with van der Waals surface area (Å²) in [7, 11) is 0. The van der Waals surface area contributed by atoms with Crippen molar-refractivity contribution in [2.75, 3.05) is 0 Å². The molecule has 0 radical (unpaired) electrons. The SMILES string of the molecule is CC1(C)CCC(=S)N1O. The Bertz CT molecular complexity index is 144. The Labute approximate surface area is 60.4 Å². The minimum atomic E-state index is -0.128. The molecule has 0 spiro atoms. The Morgan fingerprint density at radius 3 is 2.33 bits per heavy atom. The Hall–Kier alpha value is -0.150. The third-order valence-electron chi connectivity index (χ3n) is 1.76. The molecule has 0 aliphatic carbocycles. The van der Waals surface area contributed by atoms with Crippen LogP contribution in [0.3, 0.4) is 0 Å². The maximum Gasteiger partial charge on any atom is 0.104 e. The molecule has 1 aliphatic heterocycles. The summed E-state index contributed by atoms with van der Waals surface area (Å²) < 4.78 is 0. The molecule has 0 aromatic rings. The topological polar surface area (TPSA) is 23.5 Å². The number of thiocarbonyl (C=S) groups is 1. The summed E-state index contributed by atoms with van der Waals surface area (Å²) in [5, 5.41) is 10.4. The van der Waals surface area contributed by atoms with E-state index < -0.39 is 0 Å². The molecule has 3 heteroatoms. The van der Waals surface area contributed by atoms with Crippen LogP contribution in [-0.4, -0.2) is 20.8 Å². The number of hydrogen-bond acceptors (Lipinski definition) is 2. The van der Waals surface area contributed by atoms with E-state index in [1.54, 1.807) is 0 Å². The maximum atomic E-state index is 9.22. The summed E-state index contributed by atoms with van der Waals surface area (Å²) in [4.78, 5) is 0.667. The molecule has 1 saturated heterocycles. The fraction of sp³-hybridized carbons (Fsp3) is 0.833. The van der Waals surface area contributed by atoms with Gasteiger partial charge in [-0.3, -0.25) is 5.21 Å². The highest BCUT2D eigenvalue weighted by Gasteiger charge is 2.33. The third kappa shape index (κ3) is 1.07. The molecule has 1 rings (SSSR count). The summed E-state index contributed by atoms with van der Waals surface area (Å²) in [5.74, 6) is 0. The zero-order valence-corrected chi connectivity index (χ0v) is 6.53.